The van der Waals surface area contributed by atoms with Crippen molar-refractivity contribution in [3.63, 3.8) is 0 Å². The lowest BCUT2D eigenvalue weighted by molar-refractivity contribution is -0.138. The molecule has 0 unspecified atom stereocenters. The zero-order valence-electron chi connectivity index (χ0n) is 8.13. The van der Waals surface area contributed by atoms with Gasteiger partial charge < -0.3 is 4.74 Å². The molecule has 0 fully saturated rings. The molecule has 0 bridgehead atoms. The van der Waals surface area contributed by atoms with Gasteiger partial charge in [0.05, 0.1) is 6.61 Å². The Bertz CT molecular complexity index is 278. The maximum absolute atomic E-state index is 11.0. The molecule has 0 atom stereocenters. The molecular formula is C10H13NO2. The van der Waals surface area contributed by atoms with Gasteiger partial charge in [-0.15, -0.1) is 0 Å². The molecule has 3 heteroatoms. The van der Waals surface area contributed by atoms with Crippen molar-refractivity contribution in [2.24, 2.45) is 0 Å². The van der Waals surface area contributed by atoms with E-state index < -0.39 is 5.97 Å². The van der Waals surface area contributed by atoms with Gasteiger partial charge in [0.1, 0.15) is 11.6 Å². The molecule has 0 saturated carbocycles. The molecule has 0 radical (unpaired) electrons. The minimum Gasteiger partial charge on any atom is -0.462 e. The van der Waals surface area contributed by atoms with Crippen molar-refractivity contribution < 1.29 is 9.53 Å². The summed E-state index contributed by atoms with van der Waals surface area (Å²) in [5.74, 6) is -0.567. The summed E-state index contributed by atoms with van der Waals surface area (Å²) in [5, 5.41) is 8.59. The van der Waals surface area contributed by atoms with Crippen LogP contribution in [0.15, 0.2) is 23.3 Å². The third kappa shape index (κ3) is 4.81. The number of carbonyl (C=O) groups is 1. The second-order valence-corrected chi connectivity index (χ2v) is 2.66. The quantitative estimate of drug-likeness (QED) is 0.288. The van der Waals surface area contributed by atoms with E-state index in [0.717, 1.165) is 5.57 Å². The van der Waals surface area contributed by atoms with Gasteiger partial charge in [-0.2, -0.15) is 5.26 Å². The van der Waals surface area contributed by atoms with E-state index in [-0.39, 0.29) is 12.2 Å². The van der Waals surface area contributed by atoms with E-state index in [9.17, 15) is 4.79 Å². The molecule has 0 saturated heterocycles. The smallest absolute Gasteiger partial charge is 0.348 e. The van der Waals surface area contributed by atoms with E-state index in [2.05, 4.69) is 4.74 Å². The predicted molar refractivity (Wildman–Crippen MR) is 49.8 cm³/mol. The Hall–Kier alpha value is -1.56. The van der Waals surface area contributed by atoms with Crippen molar-refractivity contribution >= 4 is 5.97 Å². The van der Waals surface area contributed by atoms with Crippen molar-refractivity contribution in [2.75, 3.05) is 6.61 Å². The SMILES string of the molecule is CCOC(=O)/C(C#N)=C\C=C(C)C. The zero-order valence-corrected chi connectivity index (χ0v) is 8.13. The highest BCUT2D eigenvalue weighted by molar-refractivity contribution is 5.93. The van der Waals surface area contributed by atoms with Crippen LogP contribution < -0.4 is 0 Å². The molecule has 0 aromatic rings. The standard InChI is InChI=1S/C10H13NO2/c1-4-13-10(12)9(7-11)6-5-8(2)3/h5-6H,4H2,1-3H3/b9-6-. The van der Waals surface area contributed by atoms with Gasteiger partial charge in [-0.05, 0) is 26.8 Å². The van der Waals surface area contributed by atoms with Crippen molar-refractivity contribution in [3.8, 4) is 6.07 Å². The fourth-order valence-corrected chi connectivity index (χ4v) is 0.610. The van der Waals surface area contributed by atoms with Crippen LogP contribution in [-0.2, 0) is 9.53 Å². The highest BCUT2D eigenvalue weighted by Gasteiger charge is 2.07. The molecule has 0 spiro atoms. The number of rotatable bonds is 3. The van der Waals surface area contributed by atoms with Crippen molar-refractivity contribution in [2.45, 2.75) is 20.8 Å². The first kappa shape index (κ1) is 11.4. The van der Waals surface area contributed by atoms with Crippen LogP contribution in [0.1, 0.15) is 20.8 Å². The van der Waals surface area contributed by atoms with Crippen LogP contribution in [-0.4, -0.2) is 12.6 Å². The molecule has 0 rings (SSSR count). The lowest BCUT2D eigenvalue weighted by Crippen LogP contribution is -2.05. The van der Waals surface area contributed by atoms with Gasteiger partial charge in [-0.3, -0.25) is 0 Å². The predicted octanol–water partition coefficient (Wildman–Crippen LogP) is 1.97. The van der Waals surface area contributed by atoms with E-state index in [4.69, 9.17) is 5.26 Å². The number of nitriles is 1. The van der Waals surface area contributed by atoms with E-state index in [1.807, 2.05) is 13.8 Å². The maximum atomic E-state index is 11.0. The largest absolute Gasteiger partial charge is 0.462 e. The summed E-state index contributed by atoms with van der Waals surface area (Å²) in [6.45, 7) is 5.76. The van der Waals surface area contributed by atoms with E-state index in [1.165, 1.54) is 6.08 Å². The number of esters is 1. The summed E-state index contributed by atoms with van der Waals surface area (Å²) < 4.78 is 4.67. The first-order valence-corrected chi connectivity index (χ1v) is 4.04. The summed E-state index contributed by atoms with van der Waals surface area (Å²) in [7, 11) is 0. The minimum atomic E-state index is -0.567. The van der Waals surface area contributed by atoms with Crippen LogP contribution in [0.4, 0.5) is 0 Å². The molecule has 0 amide bonds. The molecule has 13 heavy (non-hydrogen) atoms. The molecule has 3 nitrogen and oxygen atoms in total. The summed E-state index contributed by atoms with van der Waals surface area (Å²) in [4.78, 5) is 11.0. The van der Waals surface area contributed by atoms with E-state index >= 15 is 0 Å². The molecule has 70 valence electrons. The highest BCUT2D eigenvalue weighted by Crippen LogP contribution is 1.99. The first-order valence-electron chi connectivity index (χ1n) is 4.04. The maximum Gasteiger partial charge on any atom is 0.348 e. The van der Waals surface area contributed by atoms with Crippen molar-refractivity contribution in [3.05, 3.63) is 23.3 Å². The average Bonchev–Trinajstić information content (AvgIpc) is 2.05. The summed E-state index contributed by atoms with van der Waals surface area (Å²) in [5.41, 5.74) is 1.06. The number of hydrogen-bond acceptors (Lipinski definition) is 3. The van der Waals surface area contributed by atoms with Gasteiger partial charge in [0.15, 0.2) is 0 Å². The molecule has 0 aromatic heterocycles. The lowest BCUT2D eigenvalue weighted by atomic mass is 10.2. The molecule has 0 heterocycles. The molecular weight excluding hydrogens is 166 g/mol. The number of hydrogen-bond donors (Lipinski definition) is 0. The van der Waals surface area contributed by atoms with Crippen LogP contribution in [0.3, 0.4) is 0 Å². The Balaban J connectivity index is 4.53. The summed E-state index contributed by atoms with van der Waals surface area (Å²) in [6, 6.07) is 1.78. The molecule has 0 aliphatic carbocycles. The van der Waals surface area contributed by atoms with Gasteiger partial charge >= 0.3 is 5.97 Å². The van der Waals surface area contributed by atoms with Gasteiger partial charge in [0.25, 0.3) is 0 Å². The molecule has 0 N–H and O–H groups in total. The zero-order chi connectivity index (χ0) is 10.3. The molecule has 0 aliphatic heterocycles. The van der Waals surface area contributed by atoms with Gasteiger partial charge in [0.2, 0.25) is 0 Å². The second kappa shape index (κ2) is 6.01. The van der Waals surface area contributed by atoms with Crippen LogP contribution in [0.25, 0.3) is 0 Å². The monoisotopic (exact) mass is 179 g/mol. The third-order valence-electron chi connectivity index (χ3n) is 1.20. The first-order chi connectivity index (χ1) is 6.11. The van der Waals surface area contributed by atoms with Gasteiger partial charge in [0, 0.05) is 0 Å². The minimum absolute atomic E-state index is 0.0306. The third-order valence-corrected chi connectivity index (χ3v) is 1.20. The van der Waals surface area contributed by atoms with E-state index in [1.54, 1.807) is 19.1 Å². The summed E-state index contributed by atoms with van der Waals surface area (Å²) in [6.07, 6.45) is 3.17. The second-order valence-electron chi connectivity index (χ2n) is 2.66. The van der Waals surface area contributed by atoms with Gasteiger partial charge in [-0.25, -0.2) is 4.79 Å². The normalized spacial score (nSPS) is 10.2. The topological polar surface area (TPSA) is 50.1 Å². The van der Waals surface area contributed by atoms with Crippen LogP contribution >= 0.6 is 0 Å². The number of nitrogens with zero attached hydrogens (tertiary/aromatic N) is 1. The number of ether oxygens (including phenoxy) is 1. The van der Waals surface area contributed by atoms with E-state index in [0.29, 0.717) is 0 Å². The average molecular weight is 179 g/mol. The highest BCUT2D eigenvalue weighted by atomic mass is 16.5. The van der Waals surface area contributed by atoms with Gasteiger partial charge in [-0.1, -0.05) is 11.6 Å². The van der Waals surface area contributed by atoms with Crippen molar-refractivity contribution in [1.29, 1.82) is 5.26 Å². The fraction of sp³-hybridized carbons (Fsp3) is 0.400. The Morgan fingerprint density at radius 2 is 2.08 bits per heavy atom. The van der Waals surface area contributed by atoms with Crippen molar-refractivity contribution in [1.82, 2.24) is 0 Å². The Morgan fingerprint density at radius 3 is 2.46 bits per heavy atom. The Labute approximate surface area is 78.3 Å². The number of allylic oxidation sites excluding steroid dienone is 3. The van der Waals surface area contributed by atoms with Crippen LogP contribution in [0, 0.1) is 11.3 Å². The van der Waals surface area contributed by atoms with Crippen LogP contribution in [0.5, 0.6) is 0 Å². The lowest BCUT2D eigenvalue weighted by Gasteiger charge is -1.97. The Morgan fingerprint density at radius 1 is 1.46 bits per heavy atom. The Kier molecular flexibility index (Phi) is 5.29. The number of carbonyl (C=O) groups excluding carboxylic acids is 1. The molecule has 0 aromatic carbocycles. The fourth-order valence-electron chi connectivity index (χ4n) is 0.610. The summed E-state index contributed by atoms with van der Waals surface area (Å²) >= 11 is 0. The molecule has 0 aliphatic rings. The van der Waals surface area contributed by atoms with Crippen LogP contribution in [0.2, 0.25) is 0 Å².